The summed E-state index contributed by atoms with van der Waals surface area (Å²) in [5.41, 5.74) is 0. The van der Waals surface area contributed by atoms with Crippen LogP contribution in [0.5, 0.6) is 0 Å². The molecule has 1 atom stereocenters. The summed E-state index contributed by atoms with van der Waals surface area (Å²) in [5.74, 6) is 2.03. The molecule has 0 aliphatic heterocycles. The van der Waals surface area contributed by atoms with Crippen LogP contribution >= 0.6 is 11.8 Å². The Morgan fingerprint density at radius 3 is 2.53 bits per heavy atom. The summed E-state index contributed by atoms with van der Waals surface area (Å²) in [4.78, 5) is 0. The standard InChI is InChI=1S/C12H25NOS/c1-10-3-5-11(6-4-10)13-12(7-8-14)9-15-2/h10-14H,3-9H2,1-2H3. The molecule has 2 N–H and O–H groups in total. The highest BCUT2D eigenvalue weighted by Gasteiger charge is 2.20. The summed E-state index contributed by atoms with van der Waals surface area (Å²) < 4.78 is 0. The Hall–Kier alpha value is 0.270. The molecule has 1 aliphatic carbocycles. The van der Waals surface area contributed by atoms with Gasteiger partial charge in [0.05, 0.1) is 0 Å². The van der Waals surface area contributed by atoms with E-state index in [0.29, 0.717) is 18.7 Å². The van der Waals surface area contributed by atoms with E-state index in [1.807, 2.05) is 11.8 Å². The fourth-order valence-corrected chi connectivity index (χ4v) is 3.00. The molecule has 0 aromatic rings. The van der Waals surface area contributed by atoms with Crippen LogP contribution in [0.3, 0.4) is 0 Å². The molecule has 1 fully saturated rings. The first kappa shape index (κ1) is 13.3. The molecule has 0 radical (unpaired) electrons. The smallest absolute Gasteiger partial charge is 0.0446 e. The zero-order valence-electron chi connectivity index (χ0n) is 10.0. The lowest BCUT2D eigenvalue weighted by atomic mass is 9.87. The fourth-order valence-electron chi connectivity index (χ4n) is 2.33. The number of hydrogen-bond donors (Lipinski definition) is 2. The Morgan fingerprint density at radius 2 is 2.00 bits per heavy atom. The molecule has 2 nitrogen and oxygen atoms in total. The van der Waals surface area contributed by atoms with Crippen molar-refractivity contribution in [2.24, 2.45) is 5.92 Å². The summed E-state index contributed by atoms with van der Waals surface area (Å²) in [5, 5.41) is 12.7. The third-order valence-electron chi connectivity index (χ3n) is 3.33. The quantitative estimate of drug-likeness (QED) is 0.735. The predicted octanol–water partition coefficient (Wildman–Crippen LogP) is 2.27. The minimum atomic E-state index is 0.307. The largest absolute Gasteiger partial charge is 0.396 e. The second-order valence-corrected chi connectivity index (χ2v) is 5.70. The van der Waals surface area contributed by atoms with E-state index in [9.17, 15) is 0 Å². The topological polar surface area (TPSA) is 32.3 Å². The van der Waals surface area contributed by atoms with Gasteiger partial charge in [-0.2, -0.15) is 11.8 Å². The molecule has 0 amide bonds. The van der Waals surface area contributed by atoms with Gasteiger partial charge in [0.25, 0.3) is 0 Å². The number of nitrogens with one attached hydrogen (secondary N) is 1. The van der Waals surface area contributed by atoms with E-state index in [0.717, 1.165) is 18.1 Å². The maximum atomic E-state index is 8.99. The number of aliphatic hydroxyl groups excluding tert-OH is 1. The summed E-state index contributed by atoms with van der Waals surface area (Å²) in [6.07, 6.45) is 8.39. The lowest BCUT2D eigenvalue weighted by molar-refractivity contribution is 0.244. The van der Waals surface area contributed by atoms with Crippen LogP contribution in [0, 0.1) is 5.92 Å². The van der Waals surface area contributed by atoms with E-state index in [2.05, 4.69) is 18.5 Å². The van der Waals surface area contributed by atoms with Crippen LogP contribution in [0.25, 0.3) is 0 Å². The van der Waals surface area contributed by atoms with Crippen LogP contribution < -0.4 is 5.32 Å². The maximum absolute atomic E-state index is 8.99. The van der Waals surface area contributed by atoms with Gasteiger partial charge in [-0.25, -0.2) is 0 Å². The Morgan fingerprint density at radius 1 is 1.33 bits per heavy atom. The van der Waals surface area contributed by atoms with Crippen LogP contribution in [-0.4, -0.2) is 35.8 Å². The van der Waals surface area contributed by atoms with Crippen molar-refractivity contribution in [3.05, 3.63) is 0 Å². The molecule has 90 valence electrons. The molecule has 0 heterocycles. The van der Waals surface area contributed by atoms with Crippen molar-refractivity contribution in [2.75, 3.05) is 18.6 Å². The first-order chi connectivity index (χ1) is 7.26. The third-order valence-corrected chi connectivity index (χ3v) is 4.07. The van der Waals surface area contributed by atoms with Crippen molar-refractivity contribution in [2.45, 2.75) is 51.1 Å². The summed E-state index contributed by atoms with van der Waals surface area (Å²) in [7, 11) is 0. The van der Waals surface area contributed by atoms with Gasteiger partial charge in [0.15, 0.2) is 0 Å². The Bertz CT molecular complexity index is 152. The highest BCUT2D eigenvalue weighted by Crippen LogP contribution is 2.24. The van der Waals surface area contributed by atoms with Crippen molar-refractivity contribution < 1.29 is 5.11 Å². The molecular formula is C12H25NOS. The van der Waals surface area contributed by atoms with Gasteiger partial charge in [-0.15, -0.1) is 0 Å². The predicted molar refractivity (Wildman–Crippen MR) is 68.4 cm³/mol. The van der Waals surface area contributed by atoms with E-state index >= 15 is 0 Å². The van der Waals surface area contributed by atoms with E-state index < -0.39 is 0 Å². The van der Waals surface area contributed by atoms with Crippen LogP contribution in [0.1, 0.15) is 39.0 Å². The molecular weight excluding hydrogens is 206 g/mol. The van der Waals surface area contributed by atoms with Gasteiger partial charge >= 0.3 is 0 Å². The van der Waals surface area contributed by atoms with Gasteiger partial charge in [0, 0.05) is 24.4 Å². The first-order valence-electron chi connectivity index (χ1n) is 6.12. The highest BCUT2D eigenvalue weighted by atomic mass is 32.2. The summed E-state index contributed by atoms with van der Waals surface area (Å²) in [6.45, 7) is 2.66. The summed E-state index contributed by atoms with van der Waals surface area (Å²) >= 11 is 1.87. The molecule has 15 heavy (non-hydrogen) atoms. The molecule has 0 bridgehead atoms. The van der Waals surface area contributed by atoms with Gasteiger partial charge in [-0.05, 0) is 44.3 Å². The molecule has 1 saturated carbocycles. The fraction of sp³-hybridized carbons (Fsp3) is 1.00. The van der Waals surface area contributed by atoms with Crippen LogP contribution in [0.4, 0.5) is 0 Å². The lowest BCUT2D eigenvalue weighted by Gasteiger charge is -2.30. The van der Waals surface area contributed by atoms with Crippen molar-refractivity contribution in [1.29, 1.82) is 0 Å². The molecule has 0 aromatic carbocycles. The van der Waals surface area contributed by atoms with E-state index in [4.69, 9.17) is 5.11 Å². The second kappa shape index (κ2) is 7.53. The van der Waals surface area contributed by atoms with Crippen molar-refractivity contribution in [3.63, 3.8) is 0 Å². The minimum absolute atomic E-state index is 0.307. The van der Waals surface area contributed by atoms with E-state index in [1.165, 1.54) is 25.7 Å². The van der Waals surface area contributed by atoms with Gasteiger partial charge < -0.3 is 10.4 Å². The van der Waals surface area contributed by atoms with Crippen molar-refractivity contribution >= 4 is 11.8 Å². The van der Waals surface area contributed by atoms with E-state index in [1.54, 1.807) is 0 Å². The van der Waals surface area contributed by atoms with Crippen molar-refractivity contribution in [1.82, 2.24) is 5.32 Å². The average molecular weight is 231 g/mol. The molecule has 0 spiro atoms. The highest BCUT2D eigenvalue weighted by molar-refractivity contribution is 7.98. The third kappa shape index (κ3) is 5.23. The van der Waals surface area contributed by atoms with Gasteiger partial charge in [0.2, 0.25) is 0 Å². The molecule has 3 heteroatoms. The summed E-state index contributed by atoms with van der Waals surface area (Å²) in [6, 6.07) is 1.20. The monoisotopic (exact) mass is 231 g/mol. The number of hydrogen-bond acceptors (Lipinski definition) is 3. The van der Waals surface area contributed by atoms with Gasteiger partial charge in [-0.1, -0.05) is 6.92 Å². The minimum Gasteiger partial charge on any atom is -0.396 e. The molecule has 0 saturated heterocycles. The van der Waals surface area contributed by atoms with Crippen LogP contribution in [-0.2, 0) is 0 Å². The average Bonchev–Trinajstić information content (AvgIpc) is 2.22. The first-order valence-corrected chi connectivity index (χ1v) is 7.51. The normalized spacial score (nSPS) is 29.0. The SMILES string of the molecule is CSCC(CCO)NC1CCC(C)CC1. The zero-order chi connectivity index (χ0) is 11.1. The van der Waals surface area contributed by atoms with Crippen LogP contribution in [0.15, 0.2) is 0 Å². The maximum Gasteiger partial charge on any atom is 0.0446 e. The number of aliphatic hydroxyl groups is 1. The molecule has 0 aromatic heterocycles. The lowest BCUT2D eigenvalue weighted by Crippen LogP contribution is -2.42. The molecule has 1 rings (SSSR count). The van der Waals surface area contributed by atoms with Gasteiger partial charge in [-0.3, -0.25) is 0 Å². The Labute approximate surface area is 98.2 Å². The molecule has 1 aliphatic rings. The zero-order valence-corrected chi connectivity index (χ0v) is 10.9. The Balaban J connectivity index is 2.24. The van der Waals surface area contributed by atoms with Crippen LogP contribution in [0.2, 0.25) is 0 Å². The number of thioether (sulfide) groups is 1. The number of rotatable bonds is 6. The Kier molecular flexibility index (Phi) is 6.69. The van der Waals surface area contributed by atoms with Crippen molar-refractivity contribution in [3.8, 4) is 0 Å². The van der Waals surface area contributed by atoms with Gasteiger partial charge in [0.1, 0.15) is 0 Å². The second-order valence-electron chi connectivity index (χ2n) is 4.79. The molecule has 1 unspecified atom stereocenters. The van der Waals surface area contributed by atoms with E-state index in [-0.39, 0.29) is 0 Å².